The van der Waals surface area contributed by atoms with E-state index in [1.165, 1.54) is 6.08 Å². The molecule has 0 aromatic heterocycles. The minimum atomic E-state index is -1.50. The molecule has 0 radical (unpaired) electrons. The van der Waals surface area contributed by atoms with Gasteiger partial charge in [0, 0.05) is 25.2 Å². The fraction of sp³-hybridized carbons (Fsp3) is 0.550. The highest BCUT2D eigenvalue weighted by Crippen LogP contribution is 2.23. The van der Waals surface area contributed by atoms with E-state index in [1.54, 1.807) is 18.2 Å². The first-order chi connectivity index (χ1) is 13.9. The molecule has 5 atom stereocenters. The zero-order chi connectivity index (χ0) is 21.4. The number of benzene rings is 1. The number of nitrogens with zero attached hydrogens (tertiary/aromatic N) is 1. The Bertz CT molecular complexity index is 657. The summed E-state index contributed by atoms with van der Waals surface area (Å²) in [6.45, 7) is 0.185. The lowest BCUT2D eigenvalue weighted by molar-refractivity contribution is -0.229. The number of ether oxygens (including phenoxy) is 1. The average molecular weight is 411 g/mol. The maximum absolute atomic E-state index is 12.2. The molecule has 0 amide bonds. The minimum Gasteiger partial charge on any atom is -0.395 e. The lowest BCUT2D eigenvalue weighted by atomic mass is 9.92. The maximum atomic E-state index is 12.2. The summed E-state index contributed by atoms with van der Waals surface area (Å²) < 4.78 is 5.33. The van der Waals surface area contributed by atoms with Crippen LogP contribution in [0, 0.1) is 0 Å². The van der Waals surface area contributed by atoms with Crippen LogP contribution in [0.4, 0.5) is 5.69 Å². The Morgan fingerprint density at radius 3 is 2.07 bits per heavy atom. The van der Waals surface area contributed by atoms with Gasteiger partial charge in [-0.15, -0.1) is 0 Å². The third kappa shape index (κ3) is 6.31. The molecule has 0 bridgehead atoms. The van der Waals surface area contributed by atoms with Crippen molar-refractivity contribution >= 4 is 17.5 Å². The van der Waals surface area contributed by atoms with Crippen LogP contribution in [-0.2, 0) is 9.53 Å². The molecule has 1 heterocycles. The van der Waals surface area contributed by atoms with Gasteiger partial charge in [0.1, 0.15) is 24.4 Å². The van der Waals surface area contributed by atoms with Crippen LogP contribution in [0.1, 0.15) is 12.0 Å². The number of anilines is 1. The van der Waals surface area contributed by atoms with E-state index >= 15 is 0 Å². The molecule has 0 saturated carbocycles. The van der Waals surface area contributed by atoms with E-state index in [9.17, 15) is 25.2 Å². The second-order valence-electron chi connectivity index (χ2n) is 6.90. The summed E-state index contributed by atoms with van der Waals surface area (Å²) in [5.74, 6) is -0.347. The van der Waals surface area contributed by atoms with Crippen molar-refractivity contribution in [1.82, 2.24) is 0 Å². The van der Waals surface area contributed by atoms with Crippen LogP contribution in [0.15, 0.2) is 30.3 Å². The Labute approximate surface area is 169 Å². The summed E-state index contributed by atoms with van der Waals surface area (Å²) in [6, 6.07) is 7.20. The monoisotopic (exact) mass is 411 g/mol. The van der Waals surface area contributed by atoms with Crippen molar-refractivity contribution in [3.05, 3.63) is 35.9 Å². The van der Waals surface area contributed by atoms with Crippen molar-refractivity contribution in [3.8, 4) is 0 Å². The molecule has 0 unspecified atom stereocenters. The van der Waals surface area contributed by atoms with Crippen molar-refractivity contribution in [2.75, 3.05) is 37.8 Å². The third-order valence-corrected chi connectivity index (χ3v) is 4.85. The van der Waals surface area contributed by atoms with Crippen LogP contribution in [-0.4, -0.2) is 99.9 Å². The first-order valence-electron chi connectivity index (χ1n) is 9.49. The molecular formula is C20H29NO8. The second kappa shape index (κ2) is 11.4. The van der Waals surface area contributed by atoms with Crippen LogP contribution in [0.3, 0.4) is 0 Å². The van der Waals surface area contributed by atoms with Crippen LogP contribution in [0.5, 0.6) is 0 Å². The van der Waals surface area contributed by atoms with Crippen LogP contribution < -0.4 is 4.90 Å². The molecule has 9 heteroatoms. The van der Waals surface area contributed by atoms with Gasteiger partial charge in [0.05, 0.1) is 25.9 Å². The highest BCUT2D eigenvalue weighted by Gasteiger charge is 2.43. The van der Waals surface area contributed by atoms with Gasteiger partial charge in [-0.25, -0.2) is 0 Å². The predicted octanol–water partition coefficient (Wildman–Crippen LogP) is -1.71. The van der Waals surface area contributed by atoms with Crippen molar-refractivity contribution in [3.63, 3.8) is 0 Å². The van der Waals surface area contributed by atoms with E-state index in [1.807, 2.05) is 17.0 Å². The van der Waals surface area contributed by atoms with Crippen molar-refractivity contribution in [1.29, 1.82) is 0 Å². The van der Waals surface area contributed by atoms with E-state index in [4.69, 9.17) is 14.9 Å². The van der Waals surface area contributed by atoms with Crippen LogP contribution in [0.2, 0.25) is 0 Å². The van der Waals surface area contributed by atoms with Gasteiger partial charge < -0.3 is 40.3 Å². The number of hydrogen-bond donors (Lipinski definition) is 6. The standard InChI is InChI=1S/C20H29NO8/c22-9-7-21(8-10-23)14-4-1-13(2-5-14)3-6-15(25)11-16-18(26)20(28)19(27)17(12-24)29-16/h1-6,16-20,22-24,26-28H,7-12H2/b6-3+/t16-,17+,18-,19-,20+/m0/s1. The maximum Gasteiger partial charge on any atom is 0.158 e. The fourth-order valence-corrected chi connectivity index (χ4v) is 3.21. The molecule has 162 valence electrons. The van der Waals surface area contributed by atoms with Crippen LogP contribution >= 0.6 is 0 Å². The van der Waals surface area contributed by atoms with Gasteiger partial charge >= 0.3 is 0 Å². The average Bonchev–Trinajstić information content (AvgIpc) is 2.73. The molecular weight excluding hydrogens is 382 g/mol. The van der Waals surface area contributed by atoms with Crippen molar-refractivity contribution in [2.45, 2.75) is 36.9 Å². The quantitative estimate of drug-likeness (QED) is 0.247. The molecule has 6 N–H and O–H groups in total. The highest BCUT2D eigenvalue weighted by atomic mass is 16.5. The number of carbonyl (C=O) groups is 1. The molecule has 1 fully saturated rings. The number of hydrogen-bond acceptors (Lipinski definition) is 9. The number of aliphatic hydroxyl groups excluding tert-OH is 6. The Kier molecular flexibility index (Phi) is 9.18. The number of aliphatic hydroxyl groups is 6. The molecule has 2 rings (SSSR count). The lowest BCUT2D eigenvalue weighted by Crippen LogP contribution is -2.58. The zero-order valence-electron chi connectivity index (χ0n) is 16.0. The molecule has 1 saturated heterocycles. The number of ketones is 1. The highest BCUT2D eigenvalue weighted by molar-refractivity contribution is 5.94. The van der Waals surface area contributed by atoms with Gasteiger partial charge in [-0.3, -0.25) is 4.79 Å². The fourth-order valence-electron chi connectivity index (χ4n) is 3.21. The summed E-state index contributed by atoms with van der Waals surface area (Å²) in [6.07, 6.45) is -3.75. The van der Waals surface area contributed by atoms with E-state index in [2.05, 4.69) is 0 Å². The summed E-state index contributed by atoms with van der Waals surface area (Å²) in [7, 11) is 0. The normalized spacial score (nSPS) is 27.3. The molecule has 0 spiro atoms. The summed E-state index contributed by atoms with van der Waals surface area (Å²) in [5.41, 5.74) is 1.58. The number of carbonyl (C=O) groups excluding carboxylic acids is 1. The first kappa shape index (κ1) is 23.4. The smallest absolute Gasteiger partial charge is 0.158 e. The van der Waals surface area contributed by atoms with Gasteiger partial charge in [0.2, 0.25) is 0 Å². The van der Waals surface area contributed by atoms with Gasteiger partial charge in [-0.1, -0.05) is 18.2 Å². The summed E-state index contributed by atoms with van der Waals surface area (Å²) >= 11 is 0. The Balaban J connectivity index is 1.96. The Morgan fingerprint density at radius 2 is 1.52 bits per heavy atom. The topological polar surface area (TPSA) is 151 Å². The molecule has 1 aromatic carbocycles. The third-order valence-electron chi connectivity index (χ3n) is 4.85. The number of rotatable bonds is 10. The second-order valence-corrected chi connectivity index (χ2v) is 6.90. The molecule has 1 aliphatic rings. The Morgan fingerprint density at radius 1 is 0.931 bits per heavy atom. The molecule has 9 nitrogen and oxygen atoms in total. The first-order valence-corrected chi connectivity index (χ1v) is 9.49. The van der Waals surface area contributed by atoms with Gasteiger partial charge in [-0.05, 0) is 23.8 Å². The van der Waals surface area contributed by atoms with Crippen molar-refractivity contribution < 1.29 is 40.2 Å². The molecule has 1 aliphatic heterocycles. The largest absolute Gasteiger partial charge is 0.395 e. The number of allylic oxidation sites excluding steroid dienone is 1. The van der Waals surface area contributed by atoms with E-state index in [-0.39, 0.29) is 25.4 Å². The Hall–Kier alpha value is -1.85. The van der Waals surface area contributed by atoms with E-state index in [0.717, 1.165) is 11.3 Å². The van der Waals surface area contributed by atoms with Gasteiger partial charge in [0.25, 0.3) is 0 Å². The lowest BCUT2D eigenvalue weighted by Gasteiger charge is -2.39. The van der Waals surface area contributed by atoms with Gasteiger partial charge in [0.15, 0.2) is 5.78 Å². The predicted molar refractivity (Wildman–Crippen MR) is 105 cm³/mol. The van der Waals surface area contributed by atoms with E-state index in [0.29, 0.717) is 13.1 Å². The van der Waals surface area contributed by atoms with Gasteiger partial charge in [-0.2, -0.15) is 0 Å². The molecule has 1 aromatic rings. The molecule has 0 aliphatic carbocycles. The SMILES string of the molecule is O=C(/C=C/c1ccc(N(CCO)CCO)cc1)C[C@@H]1O[C@H](CO)[C@H](O)[C@H](O)[C@H]1O. The van der Waals surface area contributed by atoms with Crippen LogP contribution in [0.25, 0.3) is 6.08 Å². The summed E-state index contributed by atoms with van der Waals surface area (Å²) in [5, 5.41) is 56.9. The van der Waals surface area contributed by atoms with Crippen molar-refractivity contribution in [2.24, 2.45) is 0 Å². The minimum absolute atomic E-state index is 0.0336. The summed E-state index contributed by atoms with van der Waals surface area (Å²) in [4.78, 5) is 14.0. The molecule has 29 heavy (non-hydrogen) atoms. The van der Waals surface area contributed by atoms with E-state index < -0.39 is 37.1 Å². The zero-order valence-corrected chi connectivity index (χ0v) is 16.0.